The van der Waals surface area contributed by atoms with Crippen molar-refractivity contribution in [3.63, 3.8) is 0 Å². The van der Waals surface area contributed by atoms with E-state index >= 15 is 0 Å². The van der Waals surface area contributed by atoms with E-state index in [-0.39, 0.29) is 11.6 Å². The van der Waals surface area contributed by atoms with Crippen molar-refractivity contribution in [1.82, 2.24) is 4.57 Å². The van der Waals surface area contributed by atoms with Gasteiger partial charge in [-0.05, 0) is 48.9 Å². The largest absolute Gasteiger partial charge is 0.469 e. The minimum atomic E-state index is -0.611. The number of hydrogen-bond donors (Lipinski definition) is 2. The Bertz CT molecular complexity index is 1230. The van der Waals surface area contributed by atoms with Crippen molar-refractivity contribution in [2.24, 2.45) is 0 Å². The molecule has 0 spiro atoms. The van der Waals surface area contributed by atoms with Crippen molar-refractivity contribution < 1.29 is 18.4 Å². The fourth-order valence-electron chi connectivity index (χ4n) is 3.24. The molecule has 4 rings (SSSR count). The maximum atomic E-state index is 14.2. The first kappa shape index (κ1) is 20.2. The third kappa shape index (κ3) is 4.56. The highest BCUT2D eigenvalue weighted by atomic mass is 19.1. The van der Waals surface area contributed by atoms with Crippen molar-refractivity contribution >= 4 is 23.2 Å². The molecule has 6 nitrogen and oxygen atoms in total. The molecule has 0 radical (unpaired) electrons. The van der Waals surface area contributed by atoms with Crippen LogP contribution in [-0.4, -0.2) is 16.4 Å². The summed E-state index contributed by atoms with van der Waals surface area (Å²) in [6.07, 6.45) is 3.22. The Kier molecular flexibility index (Phi) is 5.66. The number of benzene rings is 2. The smallest absolute Gasteiger partial charge is 0.272 e. The first-order chi connectivity index (χ1) is 15.0. The standard InChI is InChI=1S/C24H20FN3O3/c1-16-19(11-13-31-16)23(29)27-21-14-18(9-10-20(21)25)26-24(30)22-8-5-12-28(22)15-17-6-3-2-4-7-17/h2-14H,15H2,1H3,(H,26,30)(H,27,29). The summed E-state index contributed by atoms with van der Waals surface area (Å²) in [5.74, 6) is -1.01. The molecule has 0 saturated carbocycles. The second-order valence-electron chi connectivity index (χ2n) is 7.00. The quantitative estimate of drug-likeness (QED) is 0.459. The van der Waals surface area contributed by atoms with Gasteiger partial charge in [-0.3, -0.25) is 9.59 Å². The van der Waals surface area contributed by atoms with Crippen LogP contribution in [0.2, 0.25) is 0 Å². The number of aromatic nitrogens is 1. The van der Waals surface area contributed by atoms with E-state index in [2.05, 4.69) is 10.6 Å². The van der Waals surface area contributed by atoms with Gasteiger partial charge in [0, 0.05) is 18.4 Å². The van der Waals surface area contributed by atoms with E-state index in [9.17, 15) is 14.0 Å². The molecule has 2 N–H and O–H groups in total. The van der Waals surface area contributed by atoms with Crippen LogP contribution in [-0.2, 0) is 6.54 Å². The highest BCUT2D eigenvalue weighted by molar-refractivity contribution is 6.06. The van der Waals surface area contributed by atoms with Crippen molar-refractivity contribution in [2.45, 2.75) is 13.5 Å². The van der Waals surface area contributed by atoms with E-state index < -0.39 is 11.7 Å². The molecule has 0 aliphatic heterocycles. The average Bonchev–Trinajstić information content (AvgIpc) is 3.40. The van der Waals surface area contributed by atoms with Crippen LogP contribution in [0.25, 0.3) is 0 Å². The number of carbonyl (C=O) groups excluding carboxylic acids is 2. The molecule has 0 atom stereocenters. The second-order valence-corrected chi connectivity index (χ2v) is 7.00. The van der Waals surface area contributed by atoms with Gasteiger partial charge in [-0.2, -0.15) is 0 Å². The van der Waals surface area contributed by atoms with Gasteiger partial charge in [0.25, 0.3) is 11.8 Å². The van der Waals surface area contributed by atoms with Gasteiger partial charge in [-0.15, -0.1) is 0 Å². The van der Waals surface area contributed by atoms with Gasteiger partial charge >= 0.3 is 0 Å². The molecular formula is C24H20FN3O3. The first-order valence-corrected chi connectivity index (χ1v) is 9.66. The summed E-state index contributed by atoms with van der Waals surface area (Å²) < 4.78 is 21.2. The molecule has 0 bridgehead atoms. The SMILES string of the molecule is Cc1occc1C(=O)Nc1cc(NC(=O)c2cccn2Cc2ccccc2)ccc1F. The molecule has 2 amide bonds. The number of nitrogens with one attached hydrogen (secondary N) is 2. The number of furan rings is 1. The Morgan fingerprint density at radius 1 is 0.968 bits per heavy atom. The summed E-state index contributed by atoms with van der Waals surface area (Å²) in [5.41, 5.74) is 2.16. The molecular weight excluding hydrogens is 397 g/mol. The number of amides is 2. The van der Waals surface area contributed by atoms with E-state index in [4.69, 9.17) is 4.42 Å². The molecule has 0 unspecified atom stereocenters. The molecule has 0 aliphatic carbocycles. The number of anilines is 2. The summed E-state index contributed by atoms with van der Waals surface area (Å²) >= 11 is 0. The topological polar surface area (TPSA) is 76.3 Å². The van der Waals surface area contributed by atoms with Gasteiger partial charge in [-0.1, -0.05) is 30.3 Å². The van der Waals surface area contributed by atoms with Gasteiger partial charge in [0.2, 0.25) is 0 Å². The monoisotopic (exact) mass is 417 g/mol. The molecule has 31 heavy (non-hydrogen) atoms. The average molecular weight is 417 g/mol. The van der Waals surface area contributed by atoms with Crippen LogP contribution in [0.3, 0.4) is 0 Å². The molecule has 2 aromatic carbocycles. The molecule has 4 aromatic rings. The number of carbonyl (C=O) groups is 2. The third-order valence-corrected chi connectivity index (χ3v) is 4.83. The van der Waals surface area contributed by atoms with Gasteiger partial charge in [-0.25, -0.2) is 4.39 Å². The summed E-state index contributed by atoms with van der Waals surface area (Å²) in [5, 5.41) is 5.28. The molecule has 2 aromatic heterocycles. The van der Waals surface area contributed by atoms with E-state index in [1.165, 1.54) is 30.5 Å². The second kappa shape index (κ2) is 8.71. The summed E-state index contributed by atoms with van der Waals surface area (Å²) in [6, 6.07) is 18.8. The summed E-state index contributed by atoms with van der Waals surface area (Å²) in [6.45, 7) is 2.19. The minimum Gasteiger partial charge on any atom is -0.469 e. The van der Waals surface area contributed by atoms with Crippen molar-refractivity contribution in [2.75, 3.05) is 10.6 Å². The van der Waals surface area contributed by atoms with Crippen LogP contribution < -0.4 is 10.6 Å². The van der Waals surface area contributed by atoms with Crippen LogP contribution in [0, 0.1) is 12.7 Å². The molecule has 156 valence electrons. The van der Waals surface area contributed by atoms with Crippen LogP contribution in [0.1, 0.15) is 32.2 Å². The van der Waals surface area contributed by atoms with E-state index in [1.54, 1.807) is 19.1 Å². The van der Waals surface area contributed by atoms with Crippen molar-refractivity contribution in [3.05, 3.63) is 108 Å². The summed E-state index contributed by atoms with van der Waals surface area (Å²) in [7, 11) is 0. The molecule has 7 heteroatoms. The zero-order chi connectivity index (χ0) is 21.8. The Balaban J connectivity index is 1.49. The lowest BCUT2D eigenvalue weighted by Gasteiger charge is -2.12. The number of aryl methyl sites for hydroxylation is 1. The van der Waals surface area contributed by atoms with Crippen LogP contribution >= 0.6 is 0 Å². The lowest BCUT2D eigenvalue weighted by molar-refractivity contribution is 0.101. The van der Waals surface area contributed by atoms with Crippen LogP contribution in [0.5, 0.6) is 0 Å². The Morgan fingerprint density at radius 3 is 2.52 bits per heavy atom. The zero-order valence-corrected chi connectivity index (χ0v) is 16.8. The molecule has 0 saturated heterocycles. The Labute approximate surface area is 178 Å². The molecule has 2 heterocycles. The lowest BCUT2D eigenvalue weighted by Crippen LogP contribution is -2.18. The zero-order valence-electron chi connectivity index (χ0n) is 16.8. The van der Waals surface area contributed by atoms with E-state index in [0.717, 1.165) is 5.56 Å². The van der Waals surface area contributed by atoms with E-state index in [0.29, 0.717) is 29.2 Å². The minimum absolute atomic E-state index is 0.0388. The van der Waals surface area contributed by atoms with Gasteiger partial charge in [0.15, 0.2) is 0 Å². The molecule has 0 aliphatic rings. The molecule has 0 fully saturated rings. The first-order valence-electron chi connectivity index (χ1n) is 9.66. The fraction of sp³-hybridized carbons (Fsp3) is 0.0833. The number of hydrogen-bond acceptors (Lipinski definition) is 3. The predicted molar refractivity (Wildman–Crippen MR) is 116 cm³/mol. The summed E-state index contributed by atoms with van der Waals surface area (Å²) in [4.78, 5) is 25.2. The third-order valence-electron chi connectivity index (χ3n) is 4.83. The highest BCUT2D eigenvalue weighted by Crippen LogP contribution is 2.22. The number of rotatable bonds is 6. The lowest BCUT2D eigenvalue weighted by atomic mass is 10.2. The van der Waals surface area contributed by atoms with Crippen LogP contribution in [0.4, 0.5) is 15.8 Å². The van der Waals surface area contributed by atoms with Gasteiger partial charge in [0.05, 0.1) is 17.5 Å². The normalized spacial score (nSPS) is 10.6. The van der Waals surface area contributed by atoms with Crippen molar-refractivity contribution in [3.8, 4) is 0 Å². The van der Waals surface area contributed by atoms with Crippen molar-refractivity contribution in [1.29, 1.82) is 0 Å². The fourth-order valence-corrected chi connectivity index (χ4v) is 3.24. The maximum Gasteiger partial charge on any atom is 0.272 e. The highest BCUT2D eigenvalue weighted by Gasteiger charge is 2.16. The predicted octanol–water partition coefficient (Wildman–Crippen LogP) is 5.08. The number of halogens is 1. The number of nitrogens with zero attached hydrogens (tertiary/aromatic N) is 1. The van der Waals surface area contributed by atoms with Gasteiger partial charge in [0.1, 0.15) is 17.3 Å². The van der Waals surface area contributed by atoms with Gasteiger partial charge < -0.3 is 19.6 Å². The Hall–Kier alpha value is -4.13. The maximum absolute atomic E-state index is 14.2. The van der Waals surface area contributed by atoms with E-state index in [1.807, 2.05) is 41.1 Å². The van der Waals surface area contributed by atoms with Crippen LogP contribution in [0.15, 0.2) is 83.6 Å². The Morgan fingerprint density at radius 2 is 1.77 bits per heavy atom.